The van der Waals surface area contributed by atoms with Crippen molar-refractivity contribution in [2.24, 2.45) is 5.92 Å². The van der Waals surface area contributed by atoms with E-state index < -0.39 is 5.43 Å². The summed E-state index contributed by atoms with van der Waals surface area (Å²) in [5.41, 5.74) is -0.198. The van der Waals surface area contributed by atoms with Crippen LogP contribution in [0.3, 0.4) is 0 Å². The minimum atomic E-state index is -0.438. The monoisotopic (exact) mass is 387 g/mol. The Morgan fingerprint density at radius 1 is 1.04 bits per heavy atom. The van der Waals surface area contributed by atoms with E-state index in [1.54, 1.807) is 17.3 Å². The van der Waals surface area contributed by atoms with E-state index in [4.69, 9.17) is 0 Å². The van der Waals surface area contributed by atoms with Crippen LogP contribution in [0.5, 0.6) is 0 Å². The first-order chi connectivity index (χ1) is 13.5. The highest BCUT2D eigenvalue weighted by atomic mass is 16.2. The standard InChI is InChI=1S/C22H33N3O3/c1-16(2)10-11-23-21(27)18-14-25(17-8-4-5-9-17)15-19(20(18)26)22(28)24-12-6-3-7-13-24/h14-17H,3-13H2,1-2H3,(H,23,27). The molecule has 0 bridgehead atoms. The average molecular weight is 388 g/mol. The second-order valence-corrected chi connectivity index (χ2v) is 8.59. The number of likely N-dealkylation sites (tertiary alicyclic amines) is 1. The second kappa shape index (κ2) is 9.39. The third-order valence-electron chi connectivity index (χ3n) is 5.92. The van der Waals surface area contributed by atoms with Gasteiger partial charge in [-0.05, 0) is 44.4 Å². The zero-order chi connectivity index (χ0) is 20.1. The minimum Gasteiger partial charge on any atom is -0.352 e. The summed E-state index contributed by atoms with van der Waals surface area (Å²) in [6, 6.07) is 0.260. The van der Waals surface area contributed by atoms with Crippen LogP contribution in [-0.2, 0) is 0 Å². The van der Waals surface area contributed by atoms with Crippen LogP contribution < -0.4 is 10.7 Å². The highest BCUT2D eigenvalue weighted by Crippen LogP contribution is 2.29. The summed E-state index contributed by atoms with van der Waals surface area (Å²) < 4.78 is 1.95. The van der Waals surface area contributed by atoms with Crippen LogP contribution in [0.4, 0.5) is 0 Å². The van der Waals surface area contributed by atoms with Gasteiger partial charge in [-0.25, -0.2) is 0 Å². The van der Waals surface area contributed by atoms with Gasteiger partial charge < -0.3 is 14.8 Å². The number of nitrogens with zero attached hydrogens (tertiary/aromatic N) is 2. The van der Waals surface area contributed by atoms with Crippen LogP contribution >= 0.6 is 0 Å². The maximum Gasteiger partial charge on any atom is 0.259 e. The molecule has 154 valence electrons. The second-order valence-electron chi connectivity index (χ2n) is 8.59. The molecule has 2 fully saturated rings. The van der Waals surface area contributed by atoms with Crippen LogP contribution in [0.25, 0.3) is 0 Å². The Kier molecular flexibility index (Phi) is 6.92. The lowest BCUT2D eigenvalue weighted by Crippen LogP contribution is -2.40. The fourth-order valence-electron chi connectivity index (χ4n) is 4.16. The van der Waals surface area contributed by atoms with Crippen molar-refractivity contribution in [3.8, 4) is 0 Å². The van der Waals surface area contributed by atoms with Gasteiger partial charge in [0.05, 0.1) is 0 Å². The number of carbonyl (C=O) groups excluding carboxylic acids is 2. The van der Waals surface area contributed by atoms with Crippen molar-refractivity contribution < 1.29 is 9.59 Å². The lowest BCUT2D eigenvalue weighted by Gasteiger charge is -2.27. The number of hydrogen-bond acceptors (Lipinski definition) is 3. The maximum atomic E-state index is 13.0. The van der Waals surface area contributed by atoms with E-state index in [9.17, 15) is 14.4 Å². The zero-order valence-corrected chi connectivity index (χ0v) is 17.2. The topological polar surface area (TPSA) is 71.4 Å². The van der Waals surface area contributed by atoms with E-state index in [0.29, 0.717) is 25.6 Å². The van der Waals surface area contributed by atoms with E-state index in [1.165, 1.54) is 0 Å². The van der Waals surface area contributed by atoms with Gasteiger partial charge in [0.2, 0.25) is 5.43 Å². The van der Waals surface area contributed by atoms with Crippen molar-refractivity contribution in [1.29, 1.82) is 0 Å². The molecule has 0 unspecified atom stereocenters. The van der Waals surface area contributed by atoms with Gasteiger partial charge in [-0.2, -0.15) is 0 Å². The molecule has 6 heteroatoms. The molecule has 1 aliphatic heterocycles. The van der Waals surface area contributed by atoms with Gasteiger partial charge in [-0.1, -0.05) is 26.7 Å². The lowest BCUT2D eigenvalue weighted by atomic mass is 10.1. The number of hydrogen-bond donors (Lipinski definition) is 1. The first-order valence-electron chi connectivity index (χ1n) is 10.8. The van der Waals surface area contributed by atoms with Gasteiger partial charge in [-0.3, -0.25) is 14.4 Å². The van der Waals surface area contributed by atoms with Crippen LogP contribution in [0.2, 0.25) is 0 Å². The van der Waals surface area contributed by atoms with Gasteiger partial charge in [0, 0.05) is 38.1 Å². The molecule has 28 heavy (non-hydrogen) atoms. The number of piperidine rings is 1. The largest absolute Gasteiger partial charge is 0.352 e. The molecule has 1 aromatic heterocycles. The fraction of sp³-hybridized carbons (Fsp3) is 0.682. The quantitative estimate of drug-likeness (QED) is 0.813. The Morgan fingerprint density at radius 3 is 2.32 bits per heavy atom. The SMILES string of the molecule is CC(C)CCNC(=O)c1cn(C2CCCC2)cc(C(=O)N2CCCCC2)c1=O. The lowest BCUT2D eigenvalue weighted by molar-refractivity contribution is 0.0722. The number of rotatable bonds is 6. The average Bonchev–Trinajstić information content (AvgIpc) is 3.23. The van der Waals surface area contributed by atoms with Crippen LogP contribution in [0.15, 0.2) is 17.2 Å². The molecule has 0 aromatic carbocycles. The smallest absolute Gasteiger partial charge is 0.259 e. The first-order valence-corrected chi connectivity index (χ1v) is 10.8. The first kappa shape index (κ1) is 20.6. The van der Waals surface area contributed by atoms with Gasteiger partial charge in [-0.15, -0.1) is 0 Å². The molecule has 1 saturated heterocycles. The summed E-state index contributed by atoms with van der Waals surface area (Å²) in [5, 5.41) is 2.86. The highest BCUT2D eigenvalue weighted by molar-refractivity contribution is 5.99. The maximum absolute atomic E-state index is 13.0. The molecule has 0 radical (unpaired) electrons. The molecule has 2 amide bonds. The van der Waals surface area contributed by atoms with Gasteiger partial charge >= 0.3 is 0 Å². The predicted molar refractivity (Wildman–Crippen MR) is 110 cm³/mol. The summed E-state index contributed by atoms with van der Waals surface area (Å²) in [6.07, 6.45) is 11.6. The highest BCUT2D eigenvalue weighted by Gasteiger charge is 2.26. The number of aromatic nitrogens is 1. The third kappa shape index (κ3) is 4.83. The number of nitrogens with one attached hydrogen (secondary N) is 1. The third-order valence-corrected chi connectivity index (χ3v) is 5.92. The molecule has 1 N–H and O–H groups in total. The van der Waals surface area contributed by atoms with Crippen LogP contribution in [0, 0.1) is 5.92 Å². The van der Waals surface area contributed by atoms with Gasteiger partial charge in [0.25, 0.3) is 11.8 Å². The zero-order valence-electron chi connectivity index (χ0n) is 17.2. The number of carbonyl (C=O) groups is 2. The minimum absolute atomic E-state index is 0.0958. The van der Waals surface area contributed by atoms with E-state index in [1.807, 2.05) is 4.57 Å². The normalized spacial score (nSPS) is 17.9. The summed E-state index contributed by atoms with van der Waals surface area (Å²) in [5.74, 6) is -0.124. The fourth-order valence-corrected chi connectivity index (χ4v) is 4.16. The van der Waals surface area contributed by atoms with Crippen molar-refractivity contribution >= 4 is 11.8 Å². The van der Waals surface area contributed by atoms with Crippen molar-refractivity contribution in [3.05, 3.63) is 33.7 Å². The number of amides is 2. The Balaban J connectivity index is 1.91. The molecule has 2 aliphatic rings. The summed E-state index contributed by atoms with van der Waals surface area (Å²) in [4.78, 5) is 40.6. The molecule has 1 saturated carbocycles. The summed E-state index contributed by atoms with van der Waals surface area (Å²) in [7, 11) is 0. The van der Waals surface area contributed by atoms with E-state index in [0.717, 1.165) is 51.4 Å². The molecule has 0 atom stereocenters. The molecule has 0 spiro atoms. The molecular weight excluding hydrogens is 354 g/mol. The number of pyridine rings is 1. The molecule has 2 heterocycles. The van der Waals surface area contributed by atoms with E-state index >= 15 is 0 Å². The summed E-state index contributed by atoms with van der Waals surface area (Å²) >= 11 is 0. The van der Waals surface area contributed by atoms with Crippen molar-refractivity contribution in [3.63, 3.8) is 0 Å². The molecule has 1 aromatic rings. The molecule has 3 rings (SSSR count). The van der Waals surface area contributed by atoms with Gasteiger partial charge in [0.1, 0.15) is 11.1 Å². The van der Waals surface area contributed by atoms with Crippen molar-refractivity contribution in [1.82, 2.24) is 14.8 Å². The van der Waals surface area contributed by atoms with Gasteiger partial charge in [0.15, 0.2) is 0 Å². The molecular formula is C22H33N3O3. The van der Waals surface area contributed by atoms with E-state index in [-0.39, 0.29) is 29.0 Å². The van der Waals surface area contributed by atoms with Crippen LogP contribution in [0.1, 0.15) is 92.0 Å². The molecule has 6 nitrogen and oxygen atoms in total. The Labute approximate surface area is 167 Å². The molecule has 1 aliphatic carbocycles. The van der Waals surface area contributed by atoms with Crippen molar-refractivity contribution in [2.45, 2.75) is 71.3 Å². The van der Waals surface area contributed by atoms with Crippen LogP contribution in [-0.4, -0.2) is 40.9 Å². The Hall–Kier alpha value is -2.11. The van der Waals surface area contributed by atoms with E-state index in [2.05, 4.69) is 19.2 Å². The summed E-state index contributed by atoms with van der Waals surface area (Å²) in [6.45, 7) is 6.09. The Bertz CT molecular complexity index is 757. The van der Waals surface area contributed by atoms with Crippen molar-refractivity contribution in [2.75, 3.05) is 19.6 Å². The predicted octanol–water partition coefficient (Wildman–Crippen LogP) is 3.37. The Morgan fingerprint density at radius 2 is 1.68 bits per heavy atom.